The molecule has 28 heavy (non-hydrogen) atoms. The van der Waals surface area contributed by atoms with E-state index in [-0.39, 0.29) is 29.8 Å². The number of halogens is 2. The fraction of sp³-hybridized carbons (Fsp3) is 0.400. The molecular formula is C20H27FIN5O. The Morgan fingerprint density at radius 1 is 1.21 bits per heavy atom. The van der Waals surface area contributed by atoms with Gasteiger partial charge in [0, 0.05) is 37.9 Å². The number of morpholine rings is 1. The maximum Gasteiger partial charge on any atom is 0.191 e. The lowest BCUT2D eigenvalue weighted by molar-refractivity contribution is 0.122. The molecule has 1 aliphatic rings. The Labute approximate surface area is 182 Å². The molecule has 1 aliphatic heterocycles. The quantitative estimate of drug-likeness (QED) is 0.364. The molecule has 0 spiro atoms. The highest BCUT2D eigenvalue weighted by molar-refractivity contribution is 14.0. The molecule has 1 aromatic heterocycles. The van der Waals surface area contributed by atoms with E-state index in [9.17, 15) is 4.39 Å². The molecule has 152 valence electrons. The summed E-state index contributed by atoms with van der Waals surface area (Å²) in [4.78, 5) is 11.4. The van der Waals surface area contributed by atoms with Crippen molar-refractivity contribution in [3.05, 3.63) is 59.5 Å². The van der Waals surface area contributed by atoms with Gasteiger partial charge in [0.05, 0.1) is 19.8 Å². The monoisotopic (exact) mass is 499 g/mol. The summed E-state index contributed by atoms with van der Waals surface area (Å²) in [7, 11) is 0. The highest BCUT2D eigenvalue weighted by atomic mass is 127. The second-order valence-electron chi connectivity index (χ2n) is 6.26. The minimum absolute atomic E-state index is 0. The number of aromatic nitrogens is 1. The Morgan fingerprint density at radius 3 is 2.79 bits per heavy atom. The number of rotatable bonds is 6. The van der Waals surface area contributed by atoms with Crippen molar-refractivity contribution in [2.45, 2.75) is 20.0 Å². The summed E-state index contributed by atoms with van der Waals surface area (Å²) in [6.07, 6.45) is 1.82. The summed E-state index contributed by atoms with van der Waals surface area (Å²) < 4.78 is 18.8. The summed E-state index contributed by atoms with van der Waals surface area (Å²) in [6.45, 7) is 6.92. The topological polar surface area (TPSA) is 61.8 Å². The van der Waals surface area contributed by atoms with Crippen LogP contribution in [0.5, 0.6) is 0 Å². The van der Waals surface area contributed by atoms with Crippen LogP contribution >= 0.6 is 24.0 Å². The number of nitrogens with zero attached hydrogens (tertiary/aromatic N) is 3. The molecule has 2 aromatic rings. The van der Waals surface area contributed by atoms with Crippen LogP contribution in [0.1, 0.15) is 18.1 Å². The predicted octanol–water partition coefficient (Wildman–Crippen LogP) is 2.93. The van der Waals surface area contributed by atoms with Gasteiger partial charge in [0.15, 0.2) is 5.96 Å². The normalized spacial score (nSPS) is 14.4. The van der Waals surface area contributed by atoms with E-state index in [0.29, 0.717) is 19.0 Å². The van der Waals surface area contributed by atoms with Gasteiger partial charge in [-0.2, -0.15) is 0 Å². The Kier molecular flexibility index (Phi) is 9.42. The van der Waals surface area contributed by atoms with Gasteiger partial charge in [-0.15, -0.1) is 24.0 Å². The maximum atomic E-state index is 13.3. The highest BCUT2D eigenvalue weighted by Crippen LogP contribution is 2.18. The standard InChI is InChI=1S/C20H26FN5O.HI/c1-2-22-20(24-14-16-5-3-7-18(21)13-16)25-15-17-6-4-8-23-19(17)26-9-11-27-12-10-26;/h3-8,13H,2,9-12,14-15H2,1H3,(H2,22,24,25);1H. The number of ether oxygens (including phenoxy) is 1. The SMILES string of the molecule is CCNC(=NCc1cccc(F)c1)NCc1cccnc1N1CCOCC1.I. The Bertz CT molecular complexity index is 768. The Balaban J connectivity index is 0.00000280. The van der Waals surface area contributed by atoms with Gasteiger partial charge in [0.25, 0.3) is 0 Å². The molecule has 6 nitrogen and oxygen atoms in total. The fourth-order valence-electron chi connectivity index (χ4n) is 2.95. The Morgan fingerprint density at radius 2 is 2.04 bits per heavy atom. The molecule has 1 saturated heterocycles. The van der Waals surface area contributed by atoms with Crippen LogP contribution in [0.25, 0.3) is 0 Å². The number of hydrogen-bond acceptors (Lipinski definition) is 4. The number of guanidine groups is 1. The number of pyridine rings is 1. The number of benzene rings is 1. The van der Waals surface area contributed by atoms with Gasteiger partial charge in [-0.05, 0) is 30.7 Å². The average Bonchev–Trinajstić information content (AvgIpc) is 2.71. The van der Waals surface area contributed by atoms with Crippen molar-refractivity contribution in [3.63, 3.8) is 0 Å². The van der Waals surface area contributed by atoms with Gasteiger partial charge in [-0.1, -0.05) is 18.2 Å². The third-order valence-electron chi connectivity index (χ3n) is 4.28. The first-order valence-electron chi connectivity index (χ1n) is 9.29. The van der Waals surface area contributed by atoms with Crippen LogP contribution in [0.2, 0.25) is 0 Å². The second-order valence-corrected chi connectivity index (χ2v) is 6.26. The molecule has 2 heterocycles. The minimum atomic E-state index is -0.244. The average molecular weight is 499 g/mol. The predicted molar refractivity (Wildman–Crippen MR) is 121 cm³/mol. The first-order valence-corrected chi connectivity index (χ1v) is 9.29. The smallest absolute Gasteiger partial charge is 0.191 e. The van der Waals surface area contributed by atoms with Crippen molar-refractivity contribution in [1.82, 2.24) is 15.6 Å². The third-order valence-corrected chi connectivity index (χ3v) is 4.28. The van der Waals surface area contributed by atoms with E-state index in [1.54, 1.807) is 6.07 Å². The highest BCUT2D eigenvalue weighted by Gasteiger charge is 2.15. The number of nitrogens with one attached hydrogen (secondary N) is 2. The fourth-order valence-corrected chi connectivity index (χ4v) is 2.95. The van der Waals surface area contributed by atoms with Crippen molar-refractivity contribution in [3.8, 4) is 0 Å². The molecular weight excluding hydrogens is 472 g/mol. The summed E-state index contributed by atoms with van der Waals surface area (Å²) in [6, 6.07) is 10.5. The first-order chi connectivity index (χ1) is 13.3. The molecule has 0 unspecified atom stereocenters. The molecule has 0 saturated carbocycles. The van der Waals surface area contributed by atoms with E-state index in [2.05, 4.69) is 31.6 Å². The molecule has 0 aliphatic carbocycles. The van der Waals surface area contributed by atoms with Crippen molar-refractivity contribution < 1.29 is 9.13 Å². The lowest BCUT2D eigenvalue weighted by atomic mass is 10.2. The maximum absolute atomic E-state index is 13.3. The van der Waals surface area contributed by atoms with Gasteiger partial charge in [0.2, 0.25) is 0 Å². The zero-order valence-corrected chi connectivity index (χ0v) is 18.4. The zero-order valence-electron chi connectivity index (χ0n) is 16.0. The molecule has 3 rings (SSSR count). The van der Waals surface area contributed by atoms with Gasteiger partial charge >= 0.3 is 0 Å². The van der Waals surface area contributed by atoms with Gasteiger partial charge in [0.1, 0.15) is 11.6 Å². The van der Waals surface area contributed by atoms with E-state index in [4.69, 9.17) is 4.74 Å². The number of aliphatic imine (C=N–C) groups is 1. The minimum Gasteiger partial charge on any atom is -0.378 e. The van der Waals surface area contributed by atoms with Crippen LogP contribution in [0.15, 0.2) is 47.6 Å². The first kappa shape index (κ1) is 22.4. The largest absolute Gasteiger partial charge is 0.378 e. The van der Waals surface area contributed by atoms with E-state index in [0.717, 1.165) is 49.8 Å². The van der Waals surface area contributed by atoms with Gasteiger partial charge < -0.3 is 20.3 Å². The van der Waals surface area contributed by atoms with Crippen molar-refractivity contribution in [2.24, 2.45) is 4.99 Å². The molecule has 0 amide bonds. The van der Waals surface area contributed by atoms with Crippen LogP contribution in [0.4, 0.5) is 10.2 Å². The molecule has 0 radical (unpaired) electrons. The summed E-state index contributed by atoms with van der Waals surface area (Å²) >= 11 is 0. The number of anilines is 1. The summed E-state index contributed by atoms with van der Waals surface area (Å²) in [5.41, 5.74) is 1.94. The van der Waals surface area contributed by atoms with Crippen LogP contribution in [0, 0.1) is 5.82 Å². The van der Waals surface area contributed by atoms with Crippen LogP contribution in [-0.4, -0.2) is 43.8 Å². The van der Waals surface area contributed by atoms with Gasteiger partial charge in [-0.3, -0.25) is 0 Å². The molecule has 2 N–H and O–H groups in total. The molecule has 0 bridgehead atoms. The van der Waals surface area contributed by atoms with Crippen LogP contribution in [0.3, 0.4) is 0 Å². The van der Waals surface area contributed by atoms with Gasteiger partial charge in [-0.25, -0.2) is 14.4 Å². The van der Waals surface area contributed by atoms with Crippen molar-refractivity contribution >= 4 is 35.8 Å². The molecule has 1 fully saturated rings. The van der Waals surface area contributed by atoms with Crippen LogP contribution < -0.4 is 15.5 Å². The second kappa shape index (κ2) is 11.8. The summed E-state index contributed by atoms with van der Waals surface area (Å²) in [5, 5.41) is 6.58. The van der Waals surface area contributed by atoms with Crippen molar-refractivity contribution in [2.75, 3.05) is 37.7 Å². The van der Waals surface area contributed by atoms with E-state index >= 15 is 0 Å². The van der Waals surface area contributed by atoms with E-state index in [1.165, 1.54) is 12.1 Å². The van der Waals surface area contributed by atoms with Crippen molar-refractivity contribution in [1.29, 1.82) is 0 Å². The number of hydrogen-bond donors (Lipinski definition) is 2. The summed E-state index contributed by atoms with van der Waals surface area (Å²) in [5.74, 6) is 1.43. The van der Waals surface area contributed by atoms with E-state index < -0.39 is 0 Å². The molecule has 0 atom stereocenters. The van der Waals surface area contributed by atoms with Crippen LogP contribution in [-0.2, 0) is 17.8 Å². The molecule has 8 heteroatoms. The molecule has 1 aromatic carbocycles. The third kappa shape index (κ3) is 6.59. The lowest BCUT2D eigenvalue weighted by Crippen LogP contribution is -2.39. The lowest BCUT2D eigenvalue weighted by Gasteiger charge is -2.29. The van der Waals surface area contributed by atoms with E-state index in [1.807, 2.05) is 25.3 Å². The zero-order chi connectivity index (χ0) is 18.9. The Hall–Kier alpha value is -1.94.